The summed E-state index contributed by atoms with van der Waals surface area (Å²) in [5.41, 5.74) is 0.658. The Hall–Kier alpha value is -1.58. The Kier molecular flexibility index (Phi) is 5.46. The summed E-state index contributed by atoms with van der Waals surface area (Å²) in [5, 5.41) is 2.94. The first-order chi connectivity index (χ1) is 8.22. The number of carbonyl (C=O) groups is 1. The number of nitrogens with one attached hydrogen (secondary N) is 1. The van der Waals surface area contributed by atoms with Crippen molar-refractivity contribution in [2.45, 2.75) is 26.7 Å². The lowest BCUT2D eigenvalue weighted by Gasteiger charge is -2.21. The van der Waals surface area contributed by atoms with E-state index in [2.05, 4.69) is 24.1 Å². The van der Waals surface area contributed by atoms with Crippen LogP contribution in [0, 0.1) is 0 Å². The quantitative estimate of drug-likeness (QED) is 0.823. The molecule has 1 rings (SSSR count). The third kappa shape index (κ3) is 3.73. The number of rotatable bonds is 6. The van der Waals surface area contributed by atoms with Crippen LogP contribution in [0.4, 0.5) is 5.82 Å². The van der Waals surface area contributed by atoms with Crippen LogP contribution in [0.15, 0.2) is 18.3 Å². The maximum atomic E-state index is 12.2. The van der Waals surface area contributed by atoms with Gasteiger partial charge in [-0.15, -0.1) is 0 Å². The van der Waals surface area contributed by atoms with Crippen LogP contribution in [0.5, 0.6) is 0 Å². The highest BCUT2D eigenvalue weighted by Crippen LogP contribution is 2.08. The van der Waals surface area contributed by atoms with Crippen LogP contribution in [-0.2, 0) is 0 Å². The predicted molar refractivity (Wildman–Crippen MR) is 70.3 cm³/mol. The second-order valence-electron chi connectivity index (χ2n) is 3.97. The maximum Gasteiger partial charge on any atom is 0.255 e. The Morgan fingerprint density at radius 2 is 1.94 bits per heavy atom. The van der Waals surface area contributed by atoms with E-state index in [9.17, 15) is 4.79 Å². The first kappa shape index (κ1) is 13.5. The topological polar surface area (TPSA) is 45.2 Å². The maximum absolute atomic E-state index is 12.2. The first-order valence-corrected chi connectivity index (χ1v) is 6.16. The molecule has 0 saturated heterocycles. The Balaban J connectivity index is 2.77. The van der Waals surface area contributed by atoms with E-state index in [0.29, 0.717) is 5.56 Å². The van der Waals surface area contributed by atoms with E-state index < -0.39 is 0 Å². The Bertz CT molecular complexity index is 342. The molecule has 0 aromatic carbocycles. The molecule has 0 saturated carbocycles. The minimum absolute atomic E-state index is 0.0730. The molecule has 94 valence electrons. The number of amides is 1. The summed E-state index contributed by atoms with van der Waals surface area (Å²) >= 11 is 0. The molecule has 0 atom stereocenters. The average Bonchev–Trinajstić information content (AvgIpc) is 2.38. The lowest BCUT2D eigenvalue weighted by atomic mass is 10.2. The van der Waals surface area contributed by atoms with Crippen LogP contribution >= 0.6 is 0 Å². The van der Waals surface area contributed by atoms with Crippen molar-refractivity contribution >= 4 is 11.7 Å². The SMILES string of the molecule is CCCN(CCC)C(=O)c1ccc(NC)nc1. The van der Waals surface area contributed by atoms with Gasteiger partial charge in [-0.3, -0.25) is 4.79 Å². The molecule has 0 bridgehead atoms. The molecule has 0 spiro atoms. The molecule has 0 aliphatic carbocycles. The molecule has 1 N–H and O–H groups in total. The highest BCUT2D eigenvalue weighted by molar-refractivity contribution is 5.94. The second kappa shape index (κ2) is 6.89. The number of nitrogens with zero attached hydrogens (tertiary/aromatic N) is 2. The van der Waals surface area contributed by atoms with E-state index in [1.54, 1.807) is 6.20 Å². The van der Waals surface area contributed by atoms with Gasteiger partial charge in [-0.1, -0.05) is 13.8 Å². The van der Waals surface area contributed by atoms with E-state index in [1.165, 1.54) is 0 Å². The molecule has 4 heteroatoms. The van der Waals surface area contributed by atoms with Gasteiger partial charge in [-0.05, 0) is 25.0 Å². The number of hydrogen-bond acceptors (Lipinski definition) is 3. The monoisotopic (exact) mass is 235 g/mol. The minimum Gasteiger partial charge on any atom is -0.373 e. The highest BCUT2D eigenvalue weighted by atomic mass is 16.2. The Morgan fingerprint density at radius 3 is 2.35 bits per heavy atom. The fourth-order valence-electron chi connectivity index (χ4n) is 1.71. The minimum atomic E-state index is 0.0730. The van der Waals surface area contributed by atoms with E-state index in [1.807, 2.05) is 24.1 Å². The molecule has 1 aromatic rings. The number of carbonyl (C=O) groups excluding carboxylic acids is 1. The van der Waals surface area contributed by atoms with Crippen LogP contribution in [0.1, 0.15) is 37.0 Å². The van der Waals surface area contributed by atoms with Gasteiger partial charge in [0.25, 0.3) is 5.91 Å². The summed E-state index contributed by atoms with van der Waals surface area (Å²) in [7, 11) is 1.81. The molecule has 4 nitrogen and oxygen atoms in total. The smallest absolute Gasteiger partial charge is 0.255 e. The van der Waals surface area contributed by atoms with Gasteiger partial charge in [0.2, 0.25) is 0 Å². The Morgan fingerprint density at radius 1 is 1.29 bits per heavy atom. The van der Waals surface area contributed by atoms with Crippen LogP contribution < -0.4 is 5.32 Å². The molecule has 0 unspecified atom stereocenters. The van der Waals surface area contributed by atoms with E-state index in [0.717, 1.165) is 31.7 Å². The fraction of sp³-hybridized carbons (Fsp3) is 0.538. The van der Waals surface area contributed by atoms with Gasteiger partial charge in [0.1, 0.15) is 5.82 Å². The van der Waals surface area contributed by atoms with Crippen LogP contribution in [0.2, 0.25) is 0 Å². The van der Waals surface area contributed by atoms with Gasteiger partial charge < -0.3 is 10.2 Å². The number of pyridine rings is 1. The lowest BCUT2D eigenvalue weighted by molar-refractivity contribution is 0.0755. The molecule has 0 fully saturated rings. The Labute approximate surface area is 103 Å². The largest absolute Gasteiger partial charge is 0.373 e. The average molecular weight is 235 g/mol. The molecule has 0 aliphatic rings. The third-order valence-corrected chi connectivity index (χ3v) is 2.54. The lowest BCUT2D eigenvalue weighted by Crippen LogP contribution is -2.32. The summed E-state index contributed by atoms with van der Waals surface area (Å²) in [6.45, 7) is 5.78. The standard InChI is InChI=1S/C13H21N3O/c1-4-8-16(9-5-2)13(17)11-6-7-12(14-3)15-10-11/h6-7,10H,4-5,8-9H2,1-3H3,(H,14,15). The molecule has 1 heterocycles. The van der Waals surface area contributed by atoms with E-state index in [-0.39, 0.29) is 5.91 Å². The zero-order valence-corrected chi connectivity index (χ0v) is 10.9. The van der Waals surface area contributed by atoms with Gasteiger partial charge in [-0.2, -0.15) is 0 Å². The zero-order valence-electron chi connectivity index (χ0n) is 10.9. The van der Waals surface area contributed by atoms with Crippen molar-refractivity contribution in [3.8, 4) is 0 Å². The van der Waals surface area contributed by atoms with E-state index in [4.69, 9.17) is 0 Å². The molecule has 0 aliphatic heterocycles. The summed E-state index contributed by atoms with van der Waals surface area (Å²) in [6, 6.07) is 3.64. The number of hydrogen-bond donors (Lipinski definition) is 1. The van der Waals surface area contributed by atoms with Gasteiger partial charge in [0, 0.05) is 26.3 Å². The van der Waals surface area contributed by atoms with Crippen molar-refractivity contribution in [2.75, 3.05) is 25.5 Å². The van der Waals surface area contributed by atoms with Crippen molar-refractivity contribution in [3.05, 3.63) is 23.9 Å². The van der Waals surface area contributed by atoms with Crippen molar-refractivity contribution in [3.63, 3.8) is 0 Å². The van der Waals surface area contributed by atoms with Gasteiger partial charge in [0.15, 0.2) is 0 Å². The van der Waals surface area contributed by atoms with Crippen LogP contribution in [-0.4, -0.2) is 35.9 Å². The van der Waals surface area contributed by atoms with Gasteiger partial charge >= 0.3 is 0 Å². The van der Waals surface area contributed by atoms with E-state index >= 15 is 0 Å². The third-order valence-electron chi connectivity index (χ3n) is 2.54. The van der Waals surface area contributed by atoms with Crippen molar-refractivity contribution in [1.29, 1.82) is 0 Å². The van der Waals surface area contributed by atoms with Crippen molar-refractivity contribution in [2.24, 2.45) is 0 Å². The number of anilines is 1. The molecule has 17 heavy (non-hydrogen) atoms. The fourth-order valence-corrected chi connectivity index (χ4v) is 1.71. The van der Waals surface area contributed by atoms with Gasteiger partial charge in [0.05, 0.1) is 5.56 Å². The predicted octanol–water partition coefficient (Wildman–Crippen LogP) is 2.39. The molecule has 1 aromatic heterocycles. The first-order valence-electron chi connectivity index (χ1n) is 6.16. The number of aromatic nitrogens is 1. The van der Waals surface area contributed by atoms with Crippen LogP contribution in [0.3, 0.4) is 0 Å². The second-order valence-corrected chi connectivity index (χ2v) is 3.97. The summed E-state index contributed by atoms with van der Waals surface area (Å²) in [4.78, 5) is 18.2. The van der Waals surface area contributed by atoms with Crippen molar-refractivity contribution in [1.82, 2.24) is 9.88 Å². The van der Waals surface area contributed by atoms with Gasteiger partial charge in [-0.25, -0.2) is 4.98 Å². The molecule has 0 radical (unpaired) electrons. The summed E-state index contributed by atoms with van der Waals surface area (Å²) in [5.74, 6) is 0.850. The molecule has 1 amide bonds. The highest BCUT2D eigenvalue weighted by Gasteiger charge is 2.14. The molecular weight excluding hydrogens is 214 g/mol. The summed E-state index contributed by atoms with van der Waals surface area (Å²) in [6.07, 6.45) is 3.59. The van der Waals surface area contributed by atoms with Crippen molar-refractivity contribution < 1.29 is 4.79 Å². The van der Waals surface area contributed by atoms with Crippen LogP contribution in [0.25, 0.3) is 0 Å². The zero-order chi connectivity index (χ0) is 12.7. The normalized spacial score (nSPS) is 10.1. The molecular formula is C13H21N3O. The summed E-state index contributed by atoms with van der Waals surface area (Å²) < 4.78 is 0.